The number of nitrogens with zero attached hydrogens (tertiary/aromatic N) is 1. The van der Waals surface area contributed by atoms with Crippen LogP contribution in [0.5, 0.6) is 5.75 Å². The SMILES string of the molecule is CCN1C(C)=C(OC(=O)OCCOC)C(c2ccc(OC(F)(F)F)cc2)C(OC(=O)OC(C)C)=C1C. The molecule has 0 amide bonds. The molecule has 12 heteroatoms. The van der Waals surface area contributed by atoms with Gasteiger partial charge < -0.3 is 33.3 Å². The zero-order chi connectivity index (χ0) is 27.0. The Balaban J connectivity index is 2.54. The predicted octanol–water partition coefficient (Wildman–Crippen LogP) is 5.83. The monoisotopic (exact) mass is 517 g/mol. The normalized spacial score (nSPS) is 16.3. The molecule has 1 heterocycles. The first-order valence-corrected chi connectivity index (χ1v) is 11.1. The predicted molar refractivity (Wildman–Crippen MR) is 121 cm³/mol. The molecule has 1 atom stereocenters. The zero-order valence-electron chi connectivity index (χ0n) is 20.9. The number of rotatable bonds is 9. The van der Waals surface area contributed by atoms with Crippen molar-refractivity contribution in [2.24, 2.45) is 0 Å². The Morgan fingerprint density at radius 2 is 1.53 bits per heavy atom. The van der Waals surface area contributed by atoms with Crippen LogP contribution in [0.4, 0.5) is 22.8 Å². The van der Waals surface area contributed by atoms with Gasteiger partial charge in [-0.2, -0.15) is 0 Å². The molecule has 9 nitrogen and oxygen atoms in total. The van der Waals surface area contributed by atoms with Crippen LogP contribution >= 0.6 is 0 Å². The first-order valence-electron chi connectivity index (χ1n) is 11.1. The van der Waals surface area contributed by atoms with Gasteiger partial charge in [-0.05, 0) is 52.3 Å². The van der Waals surface area contributed by atoms with Crippen molar-refractivity contribution < 1.29 is 51.2 Å². The van der Waals surface area contributed by atoms with E-state index in [4.69, 9.17) is 23.7 Å². The number of allylic oxidation sites excluding steroid dienone is 2. The maximum atomic E-state index is 12.6. The third kappa shape index (κ3) is 7.80. The summed E-state index contributed by atoms with van der Waals surface area (Å²) in [5.74, 6) is -1.27. The van der Waals surface area contributed by atoms with Crippen molar-refractivity contribution in [1.29, 1.82) is 0 Å². The molecule has 0 saturated carbocycles. The van der Waals surface area contributed by atoms with E-state index in [0.29, 0.717) is 23.5 Å². The largest absolute Gasteiger partial charge is 0.573 e. The molecular weight excluding hydrogens is 487 g/mol. The highest BCUT2D eigenvalue weighted by molar-refractivity contribution is 5.65. The second-order valence-electron chi connectivity index (χ2n) is 7.91. The number of hydrogen-bond acceptors (Lipinski definition) is 9. The lowest BCUT2D eigenvalue weighted by Crippen LogP contribution is -2.33. The fourth-order valence-electron chi connectivity index (χ4n) is 3.59. The number of ether oxygens (including phenoxy) is 6. The molecule has 0 saturated heterocycles. The summed E-state index contributed by atoms with van der Waals surface area (Å²) in [5.41, 5.74) is 1.41. The Morgan fingerprint density at radius 1 is 0.972 bits per heavy atom. The molecule has 0 aliphatic carbocycles. The van der Waals surface area contributed by atoms with Crippen molar-refractivity contribution in [2.75, 3.05) is 26.9 Å². The van der Waals surface area contributed by atoms with Gasteiger partial charge in [0.15, 0.2) is 0 Å². The third-order valence-corrected chi connectivity index (χ3v) is 5.04. The Kier molecular flexibility index (Phi) is 10.0. The lowest BCUT2D eigenvalue weighted by Gasteiger charge is -2.36. The second kappa shape index (κ2) is 12.5. The molecule has 0 bridgehead atoms. The van der Waals surface area contributed by atoms with Crippen molar-refractivity contribution >= 4 is 12.3 Å². The van der Waals surface area contributed by atoms with E-state index in [1.54, 1.807) is 32.6 Å². The Labute approximate surface area is 207 Å². The van der Waals surface area contributed by atoms with Gasteiger partial charge in [0.1, 0.15) is 29.8 Å². The summed E-state index contributed by atoms with van der Waals surface area (Å²) in [6.45, 7) is 9.05. The molecule has 1 unspecified atom stereocenters. The molecular formula is C24H30F3NO8. The summed E-state index contributed by atoms with van der Waals surface area (Å²) < 4.78 is 67.9. The minimum atomic E-state index is -4.87. The number of halogens is 3. The van der Waals surface area contributed by atoms with E-state index in [1.165, 1.54) is 19.2 Å². The topological polar surface area (TPSA) is 92.8 Å². The van der Waals surface area contributed by atoms with Crippen molar-refractivity contribution in [2.45, 2.75) is 53.0 Å². The summed E-state index contributed by atoms with van der Waals surface area (Å²) in [6, 6.07) is 4.92. The lowest BCUT2D eigenvalue weighted by atomic mass is 9.89. The smallest absolute Gasteiger partial charge is 0.432 e. The van der Waals surface area contributed by atoms with E-state index in [1.807, 2.05) is 6.92 Å². The minimum Gasteiger partial charge on any atom is -0.432 e. The van der Waals surface area contributed by atoms with Crippen molar-refractivity contribution in [3.63, 3.8) is 0 Å². The van der Waals surface area contributed by atoms with E-state index in [9.17, 15) is 22.8 Å². The lowest BCUT2D eigenvalue weighted by molar-refractivity contribution is -0.274. The van der Waals surface area contributed by atoms with Crippen molar-refractivity contribution in [1.82, 2.24) is 4.90 Å². The molecule has 1 aliphatic rings. The molecule has 0 aromatic heterocycles. The highest BCUT2D eigenvalue weighted by atomic mass is 19.4. The molecule has 200 valence electrons. The zero-order valence-corrected chi connectivity index (χ0v) is 20.9. The number of methoxy groups -OCH3 is 1. The average Bonchev–Trinajstić information content (AvgIpc) is 2.77. The van der Waals surface area contributed by atoms with Gasteiger partial charge in [-0.1, -0.05) is 12.1 Å². The average molecular weight is 517 g/mol. The van der Waals surface area contributed by atoms with Crippen LogP contribution in [0.1, 0.15) is 46.1 Å². The molecule has 2 rings (SSSR count). The molecule has 0 radical (unpaired) electrons. The number of carbonyl (C=O) groups excluding carboxylic acids is 2. The van der Waals surface area contributed by atoms with Gasteiger partial charge >= 0.3 is 18.7 Å². The van der Waals surface area contributed by atoms with Gasteiger partial charge in [-0.3, -0.25) is 0 Å². The van der Waals surface area contributed by atoms with Crippen molar-refractivity contribution in [3.8, 4) is 5.75 Å². The molecule has 1 aromatic rings. The van der Waals surface area contributed by atoms with Crippen LogP contribution < -0.4 is 4.74 Å². The maximum Gasteiger partial charge on any atom is 0.573 e. The van der Waals surface area contributed by atoms with Crippen LogP contribution in [0.15, 0.2) is 47.2 Å². The standard InChI is InChI=1S/C24H30F3NO8/c1-7-28-15(4)20(34-22(29)32-13-12-31-6)19(21(16(28)5)35-23(30)33-14(2)3)17-8-10-18(11-9-17)36-24(25,26)27/h8-11,14,19H,7,12-13H2,1-6H3. The van der Waals surface area contributed by atoms with Gasteiger partial charge in [-0.15, -0.1) is 13.2 Å². The Bertz CT molecular complexity index is 986. The van der Waals surface area contributed by atoms with Gasteiger partial charge in [0, 0.05) is 13.7 Å². The minimum absolute atomic E-state index is 0.0633. The fraction of sp³-hybridized carbons (Fsp3) is 0.500. The summed E-state index contributed by atoms with van der Waals surface area (Å²) in [7, 11) is 1.44. The molecule has 36 heavy (non-hydrogen) atoms. The summed E-state index contributed by atoms with van der Waals surface area (Å²) in [5, 5.41) is 0. The number of hydrogen-bond donors (Lipinski definition) is 0. The van der Waals surface area contributed by atoms with E-state index in [-0.39, 0.29) is 24.7 Å². The van der Waals surface area contributed by atoms with Crippen LogP contribution in [0.2, 0.25) is 0 Å². The Hall–Kier alpha value is -3.41. The number of benzene rings is 1. The molecule has 0 spiro atoms. The van der Waals surface area contributed by atoms with Crippen LogP contribution in [0.25, 0.3) is 0 Å². The van der Waals surface area contributed by atoms with Gasteiger partial charge in [0.2, 0.25) is 0 Å². The number of carbonyl (C=O) groups is 2. The van der Waals surface area contributed by atoms with E-state index >= 15 is 0 Å². The first kappa shape index (κ1) is 28.8. The summed E-state index contributed by atoms with van der Waals surface area (Å²) in [4.78, 5) is 26.6. The second-order valence-corrected chi connectivity index (χ2v) is 7.91. The van der Waals surface area contributed by atoms with E-state index < -0.39 is 36.4 Å². The van der Waals surface area contributed by atoms with E-state index in [2.05, 4.69) is 4.74 Å². The van der Waals surface area contributed by atoms with Crippen LogP contribution in [0, 0.1) is 0 Å². The molecule has 1 aliphatic heterocycles. The van der Waals surface area contributed by atoms with Crippen molar-refractivity contribution in [3.05, 3.63) is 52.7 Å². The summed E-state index contributed by atoms with van der Waals surface area (Å²) in [6.07, 6.45) is -7.34. The van der Waals surface area contributed by atoms with Crippen LogP contribution in [-0.4, -0.2) is 56.5 Å². The third-order valence-electron chi connectivity index (χ3n) is 5.04. The quantitative estimate of drug-likeness (QED) is 0.296. The van der Waals surface area contributed by atoms with Crippen LogP contribution in [0.3, 0.4) is 0 Å². The number of alkyl halides is 3. The Morgan fingerprint density at radius 3 is 2.00 bits per heavy atom. The molecule has 0 fully saturated rings. The first-order chi connectivity index (χ1) is 16.9. The fourth-order valence-corrected chi connectivity index (χ4v) is 3.59. The summed E-state index contributed by atoms with van der Waals surface area (Å²) >= 11 is 0. The van der Waals surface area contributed by atoms with Gasteiger partial charge in [0.05, 0.1) is 24.1 Å². The maximum absolute atomic E-state index is 12.6. The van der Waals surface area contributed by atoms with Crippen LogP contribution in [-0.2, 0) is 23.7 Å². The van der Waals surface area contributed by atoms with Gasteiger partial charge in [-0.25, -0.2) is 9.59 Å². The molecule has 0 N–H and O–H groups in total. The highest BCUT2D eigenvalue weighted by Crippen LogP contribution is 2.43. The highest BCUT2D eigenvalue weighted by Gasteiger charge is 2.38. The van der Waals surface area contributed by atoms with Gasteiger partial charge in [0.25, 0.3) is 0 Å². The van der Waals surface area contributed by atoms with E-state index in [0.717, 1.165) is 12.1 Å². The molecule has 1 aromatic carbocycles.